The predicted octanol–water partition coefficient (Wildman–Crippen LogP) is 4.43. The minimum absolute atomic E-state index is 0.213. The van der Waals surface area contributed by atoms with Crippen LogP contribution in [-0.4, -0.2) is 40.5 Å². The molecule has 3 saturated heterocycles. The summed E-state index contributed by atoms with van der Waals surface area (Å²) in [5.41, 5.74) is 4.31. The molecule has 0 radical (unpaired) electrons. The number of allylic oxidation sites excluding steroid dienone is 2. The monoisotopic (exact) mass is 349 g/mol. The van der Waals surface area contributed by atoms with Crippen molar-refractivity contribution in [1.29, 1.82) is 0 Å². The van der Waals surface area contributed by atoms with Crippen molar-refractivity contribution in [3.63, 3.8) is 0 Å². The van der Waals surface area contributed by atoms with Gasteiger partial charge in [0, 0.05) is 18.4 Å². The summed E-state index contributed by atoms with van der Waals surface area (Å²) in [6, 6.07) is 6.43. The van der Waals surface area contributed by atoms with Crippen LogP contribution in [0.2, 0.25) is 0 Å². The fourth-order valence-corrected chi connectivity index (χ4v) is 5.18. The Hall–Kier alpha value is -1.94. The number of hydrogen-bond acceptors (Lipinski definition) is 3. The number of benzene rings is 1. The number of nitrogens with zero attached hydrogens (tertiary/aromatic N) is 2. The average Bonchev–Trinajstić information content (AvgIpc) is 3.13. The fraction of sp³-hybridized carbons (Fsp3) is 0.545. The Kier molecular flexibility index (Phi) is 4.16. The standard InChI is InChI=1S/C22H27N3O/c26-21(13-18-14-25-10-8-16(18)9-11-25)22-19-12-17(6-7-20(19)23-24-22)15-4-2-1-3-5-15/h4,6-7,12,16,18H,1-3,5,8-11,13-14H2,(H,23,24)/t18-/m0/s1. The molecule has 0 saturated carbocycles. The summed E-state index contributed by atoms with van der Waals surface area (Å²) < 4.78 is 0. The SMILES string of the molecule is O=C(C[C@H]1CN2CCC1CC2)c1n[nH]c2ccc(C3=CCCCC3)cc12. The molecule has 3 fully saturated rings. The lowest BCUT2D eigenvalue weighted by molar-refractivity contribution is 0.0440. The van der Waals surface area contributed by atoms with E-state index in [-0.39, 0.29) is 5.78 Å². The van der Waals surface area contributed by atoms with Gasteiger partial charge < -0.3 is 4.90 Å². The normalized spacial score (nSPS) is 28.3. The van der Waals surface area contributed by atoms with Crippen molar-refractivity contribution >= 4 is 22.3 Å². The van der Waals surface area contributed by atoms with Gasteiger partial charge >= 0.3 is 0 Å². The van der Waals surface area contributed by atoms with Gasteiger partial charge in [-0.25, -0.2) is 0 Å². The van der Waals surface area contributed by atoms with Crippen molar-refractivity contribution in [2.45, 2.75) is 44.9 Å². The molecule has 2 bridgehead atoms. The Morgan fingerprint density at radius 2 is 2.12 bits per heavy atom. The Bertz CT molecular complexity index is 857. The van der Waals surface area contributed by atoms with Gasteiger partial charge in [0.15, 0.2) is 5.78 Å². The van der Waals surface area contributed by atoms with Crippen LogP contribution in [0, 0.1) is 11.8 Å². The summed E-state index contributed by atoms with van der Waals surface area (Å²) in [6.45, 7) is 3.54. The molecule has 136 valence electrons. The molecule has 1 aliphatic carbocycles. The molecular formula is C22H27N3O. The van der Waals surface area contributed by atoms with Crippen LogP contribution < -0.4 is 0 Å². The zero-order valence-electron chi connectivity index (χ0n) is 15.3. The number of aromatic nitrogens is 2. The highest BCUT2D eigenvalue weighted by Gasteiger charge is 2.35. The molecule has 1 N–H and O–H groups in total. The van der Waals surface area contributed by atoms with Crippen molar-refractivity contribution < 1.29 is 4.79 Å². The highest BCUT2D eigenvalue weighted by molar-refractivity contribution is 6.06. The highest BCUT2D eigenvalue weighted by atomic mass is 16.1. The molecule has 4 heteroatoms. The summed E-state index contributed by atoms with van der Waals surface area (Å²) in [5, 5.41) is 8.47. The molecule has 1 atom stereocenters. The van der Waals surface area contributed by atoms with E-state index < -0.39 is 0 Å². The van der Waals surface area contributed by atoms with E-state index >= 15 is 0 Å². The van der Waals surface area contributed by atoms with Gasteiger partial charge in [0.1, 0.15) is 5.69 Å². The minimum Gasteiger partial charge on any atom is -0.303 e. The van der Waals surface area contributed by atoms with E-state index in [0.717, 1.165) is 29.8 Å². The highest BCUT2D eigenvalue weighted by Crippen LogP contribution is 2.35. The Balaban J connectivity index is 1.41. The first-order chi connectivity index (χ1) is 12.8. The topological polar surface area (TPSA) is 49.0 Å². The van der Waals surface area contributed by atoms with Crippen LogP contribution in [-0.2, 0) is 0 Å². The third kappa shape index (κ3) is 2.90. The van der Waals surface area contributed by atoms with Crippen LogP contribution in [0.15, 0.2) is 24.3 Å². The second-order valence-electron chi connectivity index (χ2n) is 8.33. The molecule has 0 spiro atoms. The van der Waals surface area contributed by atoms with Crippen molar-refractivity contribution in [2.24, 2.45) is 11.8 Å². The summed E-state index contributed by atoms with van der Waals surface area (Å²) in [4.78, 5) is 15.6. The third-order valence-electron chi connectivity index (χ3n) is 6.73. The van der Waals surface area contributed by atoms with Crippen LogP contribution in [0.1, 0.15) is 61.0 Å². The Morgan fingerprint density at radius 3 is 2.85 bits per heavy atom. The number of carbonyl (C=O) groups is 1. The molecule has 1 aromatic carbocycles. The quantitative estimate of drug-likeness (QED) is 0.831. The number of ketones is 1. The number of H-pyrrole nitrogens is 1. The Morgan fingerprint density at radius 1 is 1.23 bits per heavy atom. The van der Waals surface area contributed by atoms with E-state index in [1.807, 2.05) is 0 Å². The van der Waals surface area contributed by atoms with E-state index in [1.54, 1.807) is 0 Å². The molecular weight excluding hydrogens is 322 g/mol. The smallest absolute Gasteiger partial charge is 0.184 e. The van der Waals surface area contributed by atoms with Gasteiger partial charge in [-0.2, -0.15) is 5.10 Å². The largest absolute Gasteiger partial charge is 0.303 e. The van der Waals surface area contributed by atoms with Gasteiger partial charge in [-0.3, -0.25) is 9.89 Å². The number of fused-ring (bicyclic) bond motifs is 4. The number of carbonyl (C=O) groups excluding carboxylic acids is 1. The number of hydrogen-bond donors (Lipinski definition) is 1. The second kappa shape index (κ2) is 6.66. The molecule has 4 heterocycles. The van der Waals surface area contributed by atoms with E-state index in [0.29, 0.717) is 18.0 Å². The minimum atomic E-state index is 0.213. The van der Waals surface area contributed by atoms with Gasteiger partial charge in [-0.1, -0.05) is 12.1 Å². The van der Waals surface area contributed by atoms with E-state index in [9.17, 15) is 4.79 Å². The molecule has 4 aliphatic rings. The first-order valence-electron chi connectivity index (χ1n) is 10.2. The summed E-state index contributed by atoms with van der Waals surface area (Å²) in [5.74, 6) is 1.46. The first kappa shape index (κ1) is 16.2. The lowest BCUT2D eigenvalue weighted by Crippen LogP contribution is -2.47. The maximum absolute atomic E-state index is 13.0. The molecule has 4 nitrogen and oxygen atoms in total. The zero-order valence-corrected chi connectivity index (χ0v) is 15.3. The van der Waals surface area contributed by atoms with Gasteiger partial charge in [0.2, 0.25) is 0 Å². The van der Waals surface area contributed by atoms with E-state index in [4.69, 9.17) is 0 Å². The number of piperidine rings is 3. The van der Waals surface area contributed by atoms with Crippen molar-refractivity contribution in [3.05, 3.63) is 35.5 Å². The van der Waals surface area contributed by atoms with Crippen LogP contribution >= 0.6 is 0 Å². The molecule has 0 amide bonds. The maximum Gasteiger partial charge on any atom is 0.184 e. The maximum atomic E-state index is 13.0. The summed E-state index contributed by atoms with van der Waals surface area (Å²) in [6.07, 6.45) is 10.4. The molecule has 2 aromatic rings. The summed E-state index contributed by atoms with van der Waals surface area (Å²) >= 11 is 0. The fourth-order valence-electron chi connectivity index (χ4n) is 5.18. The third-order valence-corrected chi connectivity index (χ3v) is 6.73. The Labute approximate surface area is 154 Å². The van der Waals surface area contributed by atoms with Crippen molar-refractivity contribution in [1.82, 2.24) is 15.1 Å². The molecule has 6 rings (SSSR count). The van der Waals surface area contributed by atoms with Gasteiger partial charge in [0.25, 0.3) is 0 Å². The molecule has 3 aliphatic heterocycles. The van der Waals surface area contributed by atoms with Crippen molar-refractivity contribution in [3.8, 4) is 0 Å². The number of rotatable bonds is 4. The van der Waals surface area contributed by atoms with E-state index in [1.165, 1.54) is 56.3 Å². The van der Waals surface area contributed by atoms with Crippen LogP contribution in [0.5, 0.6) is 0 Å². The van der Waals surface area contributed by atoms with Gasteiger partial charge in [0.05, 0.1) is 5.52 Å². The second-order valence-corrected chi connectivity index (χ2v) is 8.33. The van der Waals surface area contributed by atoms with Crippen LogP contribution in [0.4, 0.5) is 0 Å². The van der Waals surface area contributed by atoms with Crippen LogP contribution in [0.3, 0.4) is 0 Å². The van der Waals surface area contributed by atoms with Gasteiger partial charge in [-0.05, 0) is 86.7 Å². The van der Waals surface area contributed by atoms with E-state index in [2.05, 4.69) is 39.4 Å². The predicted molar refractivity (Wildman–Crippen MR) is 104 cm³/mol. The number of aromatic amines is 1. The molecule has 0 unspecified atom stereocenters. The zero-order chi connectivity index (χ0) is 17.5. The lowest BCUT2D eigenvalue weighted by Gasteiger charge is -2.44. The summed E-state index contributed by atoms with van der Waals surface area (Å²) in [7, 11) is 0. The van der Waals surface area contributed by atoms with Gasteiger partial charge in [-0.15, -0.1) is 0 Å². The van der Waals surface area contributed by atoms with Crippen LogP contribution in [0.25, 0.3) is 16.5 Å². The number of nitrogens with one attached hydrogen (secondary N) is 1. The first-order valence-corrected chi connectivity index (χ1v) is 10.2. The number of Topliss-reactive ketones (excluding diaryl/α,β-unsaturated/α-hetero) is 1. The molecule has 26 heavy (non-hydrogen) atoms. The lowest BCUT2D eigenvalue weighted by atomic mass is 9.76. The molecule has 1 aromatic heterocycles. The average molecular weight is 349 g/mol. The van der Waals surface area contributed by atoms with Crippen molar-refractivity contribution in [2.75, 3.05) is 19.6 Å².